The van der Waals surface area contributed by atoms with E-state index in [2.05, 4.69) is 4.98 Å². The quantitative estimate of drug-likeness (QED) is 0.797. The number of pyridine rings is 1. The molecule has 0 saturated carbocycles. The Morgan fingerprint density at radius 1 is 1.36 bits per heavy atom. The van der Waals surface area contributed by atoms with Crippen LogP contribution in [-0.2, 0) is 16.0 Å². The summed E-state index contributed by atoms with van der Waals surface area (Å²) in [5.74, 6) is -0.649. The average Bonchev–Trinajstić information content (AvgIpc) is 2.68. The van der Waals surface area contributed by atoms with Crippen molar-refractivity contribution in [3.05, 3.63) is 53.2 Å². The monoisotopic (exact) mass is 313 g/mol. The van der Waals surface area contributed by atoms with Gasteiger partial charge < -0.3 is 4.74 Å². The van der Waals surface area contributed by atoms with Gasteiger partial charge in [-0.05, 0) is 36.2 Å². The molecule has 4 nitrogen and oxygen atoms in total. The highest BCUT2D eigenvalue weighted by Gasteiger charge is 2.23. The topological polar surface area (TPSA) is 56.3 Å². The summed E-state index contributed by atoms with van der Waals surface area (Å²) in [5, 5.41) is 0.864. The average molecular weight is 313 g/mol. The molecule has 0 amide bonds. The van der Waals surface area contributed by atoms with Gasteiger partial charge in [-0.15, -0.1) is 0 Å². The highest BCUT2D eigenvalue weighted by molar-refractivity contribution is 7.99. The molecule has 0 bridgehead atoms. The number of benzene rings is 1. The molecule has 0 saturated heterocycles. The maximum Gasteiger partial charge on any atom is 0.312 e. The number of hydrogen-bond acceptors (Lipinski definition) is 5. The first-order valence-electron chi connectivity index (χ1n) is 6.97. The Bertz CT molecular complexity index is 757. The van der Waals surface area contributed by atoms with Crippen molar-refractivity contribution >= 4 is 23.5 Å². The number of carbonyl (C=O) groups is 2. The Balaban J connectivity index is 2.02. The minimum atomic E-state index is -0.392. The van der Waals surface area contributed by atoms with Gasteiger partial charge in [0, 0.05) is 23.1 Å². The van der Waals surface area contributed by atoms with Crippen LogP contribution in [0.2, 0.25) is 0 Å². The van der Waals surface area contributed by atoms with Crippen LogP contribution < -0.4 is 0 Å². The second kappa shape index (κ2) is 5.93. The molecule has 2 aromatic rings. The summed E-state index contributed by atoms with van der Waals surface area (Å²) in [4.78, 5) is 29.4. The van der Waals surface area contributed by atoms with Crippen LogP contribution in [0.5, 0.6) is 0 Å². The van der Waals surface area contributed by atoms with Crippen molar-refractivity contribution in [2.75, 3.05) is 7.11 Å². The Hall–Kier alpha value is -2.14. The lowest BCUT2D eigenvalue weighted by Gasteiger charge is -2.12. The van der Waals surface area contributed by atoms with Crippen LogP contribution in [-0.4, -0.2) is 23.8 Å². The first-order valence-corrected chi connectivity index (χ1v) is 7.78. The van der Waals surface area contributed by atoms with Gasteiger partial charge in [0.05, 0.1) is 13.0 Å². The minimum Gasteiger partial charge on any atom is -0.469 e. The molecule has 3 rings (SSSR count). The maximum atomic E-state index is 12.5. The van der Waals surface area contributed by atoms with Gasteiger partial charge in [0.15, 0.2) is 5.78 Å². The summed E-state index contributed by atoms with van der Waals surface area (Å²) in [5.41, 5.74) is 2.38. The lowest BCUT2D eigenvalue weighted by atomic mass is 9.96. The number of aromatic nitrogens is 1. The van der Waals surface area contributed by atoms with Crippen LogP contribution in [0.1, 0.15) is 34.3 Å². The van der Waals surface area contributed by atoms with Crippen LogP contribution >= 0.6 is 11.8 Å². The zero-order valence-corrected chi connectivity index (χ0v) is 13.1. The summed E-state index contributed by atoms with van der Waals surface area (Å²) >= 11 is 1.49. The van der Waals surface area contributed by atoms with E-state index < -0.39 is 5.92 Å². The molecule has 1 atom stereocenters. The smallest absolute Gasteiger partial charge is 0.312 e. The summed E-state index contributed by atoms with van der Waals surface area (Å²) in [6, 6.07) is 9.33. The lowest BCUT2D eigenvalue weighted by molar-refractivity contribution is -0.141. The van der Waals surface area contributed by atoms with Crippen molar-refractivity contribution in [3.63, 3.8) is 0 Å². The Morgan fingerprint density at radius 3 is 2.95 bits per heavy atom. The van der Waals surface area contributed by atoms with Gasteiger partial charge in [-0.3, -0.25) is 9.59 Å². The third kappa shape index (κ3) is 2.64. The number of ketones is 1. The lowest BCUT2D eigenvalue weighted by Crippen LogP contribution is -2.12. The Kier molecular flexibility index (Phi) is 3.98. The van der Waals surface area contributed by atoms with Crippen molar-refractivity contribution in [1.82, 2.24) is 4.98 Å². The van der Waals surface area contributed by atoms with Crippen molar-refractivity contribution in [3.8, 4) is 0 Å². The van der Waals surface area contributed by atoms with Gasteiger partial charge in [0.2, 0.25) is 0 Å². The van der Waals surface area contributed by atoms with Crippen LogP contribution in [0.3, 0.4) is 0 Å². The van der Waals surface area contributed by atoms with Gasteiger partial charge in [-0.25, -0.2) is 4.98 Å². The molecular formula is C17H15NO3S. The van der Waals surface area contributed by atoms with Crippen molar-refractivity contribution in [1.29, 1.82) is 0 Å². The van der Waals surface area contributed by atoms with E-state index in [1.807, 2.05) is 24.3 Å². The zero-order chi connectivity index (χ0) is 15.7. The molecule has 0 fully saturated rings. The van der Waals surface area contributed by atoms with E-state index >= 15 is 0 Å². The van der Waals surface area contributed by atoms with E-state index in [9.17, 15) is 9.59 Å². The van der Waals surface area contributed by atoms with Gasteiger partial charge in [0.25, 0.3) is 0 Å². The number of rotatable bonds is 2. The third-order valence-electron chi connectivity index (χ3n) is 3.77. The molecule has 1 aliphatic heterocycles. The van der Waals surface area contributed by atoms with Gasteiger partial charge in [0.1, 0.15) is 5.03 Å². The molecule has 1 aromatic carbocycles. The van der Waals surface area contributed by atoms with Gasteiger partial charge in [-0.1, -0.05) is 23.9 Å². The van der Waals surface area contributed by atoms with Crippen LogP contribution in [0.4, 0.5) is 0 Å². The predicted molar refractivity (Wildman–Crippen MR) is 83.3 cm³/mol. The Labute approximate surface area is 132 Å². The number of nitrogens with zero attached hydrogens (tertiary/aromatic N) is 1. The summed E-state index contributed by atoms with van der Waals surface area (Å²) in [7, 11) is 1.37. The summed E-state index contributed by atoms with van der Waals surface area (Å²) in [6.07, 6.45) is 2.06. The molecule has 0 radical (unpaired) electrons. The van der Waals surface area contributed by atoms with E-state index in [1.165, 1.54) is 18.9 Å². The number of esters is 1. The van der Waals surface area contributed by atoms with Crippen LogP contribution in [0.25, 0.3) is 0 Å². The molecule has 112 valence electrons. The first-order chi connectivity index (χ1) is 10.6. The van der Waals surface area contributed by atoms with E-state index in [-0.39, 0.29) is 11.8 Å². The number of hydrogen-bond donors (Lipinski definition) is 0. The fourth-order valence-electron chi connectivity index (χ4n) is 2.46. The SMILES string of the molecule is COC(=O)C(C)c1ccc2c(c1)C(=O)Cc1cccnc1S2. The molecule has 0 spiro atoms. The van der Waals surface area contributed by atoms with E-state index in [0.717, 1.165) is 21.0 Å². The van der Waals surface area contributed by atoms with E-state index in [1.54, 1.807) is 19.2 Å². The largest absolute Gasteiger partial charge is 0.469 e. The second-order valence-electron chi connectivity index (χ2n) is 5.17. The fraction of sp³-hybridized carbons (Fsp3) is 0.235. The first kappa shape index (κ1) is 14.8. The third-order valence-corrected chi connectivity index (χ3v) is 4.90. The highest BCUT2D eigenvalue weighted by atomic mass is 32.2. The number of carbonyl (C=O) groups excluding carboxylic acids is 2. The summed E-state index contributed by atoms with van der Waals surface area (Å²) < 4.78 is 4.77. The standard InChI is InChI=1S/C17H15NO3S/c1-10(17(20)21-2)11-5-6-15-13(8-11)14(19)9-12-4-3-7-18-16(12)22-15/h3-8,10H,9H2,1-2H3. The molecule has 1 unspecified atom stereocenters. The number of methoxy groups -OCH3 is 1. The zero-order valence-electron chi connectivity index (χ0n) is 12.3. The predicted octanol–water partition coefficient (Wildman–Crippen LogP) is 3.25. The fourth-order valence-corrected chi connectivity index (χ4v) is 3.47. The number of fused-ring (bicyclic) bond motifs is 2. The van der Waals surface area contributed by atoms with Gasteiger partial charge >= 0.3 is 5.97 Å². The molecule has 0 N–H and O–H groups in total. The minimum absolute atomic E-state index is 0.0492. The number of Topliss-reactive ketones (excluding diaryl/α,β-unsaturated/α-hetero) is 1. The molecule has 22 heavy (non-hydrogen) atoms. The van der Waals surface area contributed by atoms with Crippen LogP contribution in [0.15, 0.2) is 46.5 Å². The molecular weight excluding hydrogens is 298 g/mol. The van der Waals surface area contributed by atoms with Crippen molar-refractivity contribution in [2.45, 2.75) is 29.2 Å². The summed E-state index contributed by atoms with van der Waals surface area (Å²) in [6.45, 7) is 1.78. The van der Waals surface area contributed by atoms with E-state index in [4.69, 9.17) is 4.74 Å². The highest BCUT2D eigenvalue weighted by Crippen LogP contribution is 2.36. The normalized spacial score (nSPS) is 14.5. The maximum absolute atomic E-state index is 12.5. The molecule has 1 aromatic heterocycles. The second-order valence-corrected chi connectivity index (χ2v) is 6.20. The molecule has 5 heteroatoms. The van der Waals surface area contributed by atoms with Crippen LogP contribution in [0, 0.1) is 0 Å². The van der Waals surface area contributed by atoms with Gasteiger partial charge in [-0.2, -0.15) is 0 Å². The van der Waals surface area contributed by atoms with Crippen molar-refractivity contribution < 1.29 is 14.3 Å². The van der Waals surface area contributed by atoms with E-state index in [0.29, 0.717) is 12.0 Å². The number of ether oxygens (including phenoxy) is 1. The Morgan fingerprint density at radius 2 is 2.18 bits per heavy atom. The molecule has 2 heterocycles. The van der Waals surface area contributed by atoms with Crippen molar-refractivity contribution in [2.24, 2.45) is 0 Å². The molecule has 1 aliphatic rings. The molecule has 0 aliphatic carbocycles.